The number of hydrogen-bond donors (Lipinski definition) is 0. The minimum absolute atomic E-state index is 0.114. The zero-order valence-electron chi connectivity index (χ0n) is 17.9. The van der Waals surface area contributed by atoms with Gasteiger partial charge in [-0.25, -0.2) is 0 Å². The van der Waals surface area contributed by atoms with Gasteiger partial charge in [0.1, 0.15) is 0 Å². The molecule has 4 nitrogen and oxygen atoms in total. The van der Waals surface area contributed by atoms with Crippen molar-refractivity contribution in [2.24, 2.45) is 11.8 Å². The van der Waals surface area contributed by atoms with Gasteiger partial charge in [0.25, 0.3) is 0 Å². The Morgan fingerprint density at radius 3 is 2.33 bits per heavy atom. The summed E-state index contributed by atoms with van der Waals surface area (Å²) >= 11 is 0. The van der Waals surface area contributed by atoms with Gasteiger partial charge in [0, 0.05) is 47.2 Å². The average Bonchev–Trinajstić information content (AvgIpc) is 3.13. The number of carbonyl (C=O) groups excluding carboxylic acids is 2. The van der Waals surface area contributed by atoms with Crippen molar-refractivity contribution in [2.45, 2.75) is 33.2 Å². The summed E-state index contributed by atoms with van der Waals surface area (Å²) in [5, 5.41) is 1.04. The van der Waals surface area contributed by atoms with E-state index in [2.05, 4.69) is 22.5 Å². The Hall–Kier alpha value is -2.72. The highest BCUT2D eigenvalue weighted by Crippen LogP contribution is 2.25. The minimum Gasteiger partial charge on any atom is -0.346 e. The third-order valence-electron chi connectivity index (χ3n) is 6.26. The molecule has 4 rings (SSSR count). The molecule has 0 amide bonds. The second-order valence-corrected chi connectivity index (χ2v) is 8.68. The number of carbonyl (C=O) groups is 2. The SMILES string of the molecule is CC(=O)c1cn(CC(C)CN2CCC(C(=O)c3ccccc3)CC2)c2ccccc12. The molecule has 0 radical (unpaired) electrons. The predicted octanol–water partition coefficient (Wildman–Crippen LogP) is 5.07. The normalized spacial score (nSPS) is 16.6. The van der Waals surface area contributed by atoms with Crippen molar-refractivity contribution in [1.82, 2.24) is 9.47 Å². The molecule has 1 fully saturated rings. The first-order chi connectivity index (χ1) is 14.5. The molecule has 1 aliphatic heterocycles. The van der Waals surface area contributed by atoms with Crippen LogP contribution in [0, 0.1) is 11.8 Å². The number of ketones is 2. The number of piperidine rings is 1. The zero-order valence-corrected chi connectivity index (χ0v) is 17.9. The molecule has 156 valence electrons. The second-order valence-electron chi connectivity index (χ2n) is 8.68. The van der Waals surface area contributed by atoms with Gasteiger partial charge in [0.15, 0.2) is 11.6 Å². The number of para-hydroxylation sites is 1. The summed E-state index contributed by atoms with van der Waals surface area (Å²) < 4.78 is 2.22. The summed E-state index contributed by atoms with van der Waals surface area (Å²) in [5.41, 5.74) is 2.77. The number of hydrogen-bond acceptors (Lipinski definition) is 3. The van der Waals surface area contributed by atoms with E-state index in [0.717, 1.165) is 61.1 Å². The Balaban J connectivity index is 1.35. The van der Waals surface area contributed by atoms with Gasteiger partial charge < -0.3 is 9.47 Å². The van der Waals surface area contributed by atoms with E-state index in [1.165, 1.54) is 0 Å². The van der Waals surface area contributed by atoms with Gasteiger partial charge in [-0.3, -0.25) is 9.59 Å². The van der Waals surface area contributed by atoms with Crippen LogP contribution in [-0.4, -0.2) is 40.7 Å². The van der Waals surface area contributed by atoms with Gasteiger partial charge in [-0.15, -0.1) is 0 Å². The van der Waals surface area contributed by atoms with Gasteiger partial charge in [-0.2, -0.15) is 0 Å². The molecule has 30 heavy (non-hydrogen) atoms. The van der Waals surface area contributed by atoms with Crippen molar-refractivity contribution in [2.75, 3.05) is 19.6 Å². The summed E-state index contributed by atoms with van der Waals surface area (Å²) in [4.78, 5) is 27.2. The van der Waals surface area contributed by atoms with Crippen LogP contribution in [0.4, 0.5) is 0 Å². The van der Waals surface area contributed by atoms with E-state index >= 15 is 0 Å². The Labute approximate surface area is 178 Å². The molecule has 3 aromatic rings. The first-order valence-corrected chi connectivity index (χ1v) is 10.9. The number of aromatic nitrogens is 1. The molecule has 1 aliphatic rings. The van der Waals surface area contributed by atoms with Gasteiger partial charge in [-0.1, -0.05) is 55.5 Å². The molecule has 2 heterocycles. The lowest BCUT2D eigenvalue weighted by Crippen LogP contribution is -2.39. The largest absolute Gasteiger partial charge is 0.346 e. The topological polar surface area (TPSA) is 42.3 Å². The first kappa shape index (κ1) is 20.5. The van der Waals surface area contributed by atoms with Crippen LogP contribution in [0.5, 0.6) is 0 Å². The quantitative estimate of drug-likeness (QED) is 0.518. The number of nitrogens with zero attached hydrogens (tertiary/aromatic N) is 2. The van der Waals surface area contributed by atoms with E-state index in [4.69, 9.17) is 0 Å². The molecule has 0 saturated carbocycles. The lowest BCUT2D eigenvalue weighted by Gasteiger charge is -2.33. The van der Waals surface area contributed by atoms with E-state index in [9.17, 15) is 9.59 Å². The number of rotatable bonds is 7. The maximum Gasteiger partial charge on any atom is 0.166 e. The van der Waals surface area contributed by atoms with E-state index < -0.39 is 0 Å². The summed E-state index contributed by atoms with van der Waals surface area (Å²) in [6.45, 7) is 7.74. The van der Waals surface area contributed by atoms with Gasteiger partial charge in [-0.05, 0) is 44.8 Å². The summed E-state index contributed by atoms with van der Waals surface area (Å²) in [7, 11) is 0. The summed E-state index contributed by atoms with van der Waals surface area (Å²) in [5.74, 6) is 1.01. The lowest BCUT2D eigenvalue weighted by atomic mass is 9.88. The third-order valence-corrected chi connectivity index (χ3v) is 6.26. The Kier molecular flexibility index (Phi) is 6.14. The van der Waals surface area contributed by atoms with Crippen LogP contribution in [-0.2, 0) is 6.54 Å². The number of fused-ring (bicyclic) bond motifs is 1. The standard InChI is InChI=1S/C26H30N2O2/c1-19(17-28-18-24(20(2)29)23-10-6-7-11-25(23)28)16-27-14-12-22(13-15-27)26(30)21-8-4-3-5-9-21/h3-11,18-19,22H,12-17H2,1-2H3. The number of likely N-dealkylation sites (tertiary alicyclic amines) is 1. The van der Waals surface area contributed by atoms with Crippen molar-refractivity contribution in [1.29, 1.82) is 0 Å². The van der Waals surface area contributed by atoms with E-state index in [-0.39, 0.29) is 11.7 Å². The van der Waals surface area contributed by atoms with Crippen LogP contribution in [0.25, 0.3) is 10.9 Å². The molecular weight excluding hydrogens is 372 g/mol. The van der Waals surface area contributed by atoms with Crippen molar-refractivity contribution in [3.05, 3.63) is 71.9 Å². The Morgan fingerprint density at radius 2 is 1.63 bits per heavy atom. The highest BCUT2D eigenvalue weighted by molar-refractivity contribution is 6.06. The van der Waals surface area contributed by atoms with Crippen LogP contribution >= 0.6 is 0 Å². The lowest BCUT2D eigenvalue weighted by molar-refractivity contribution is 0.0825. The van der Waals surface area contributed by atoms with Crippen molar-refractivity contribution in [3.63, 3.8) is 0 Å². The molecule has 2 aromatic carbocycles. The fraction of sp³-hybridized carbons (Fsp3) is 0.385. The molecule has 4 heteroatoms. The van der Waals surface area contributed by atoms with Crippen LogP contribution in [0.15, 0.2) is 60.8 Å². The molecule has 1 aromatic heterocycles. The fourth-order valence-electron chi connectivity index (χ4n) is 4.73. The Bertz CT molecular complexity index is 1030. The van der Waals surface area contributed by atoms with Crippen LogP contribution in [0.3, 0.4) is 0 Å². The zero-order chi connectivity index (χ0) is 21.1. The van der Waals surface area contributed by atoms with E-state index in [1.807, 2.05) is 54.7 Å². The molecule has 1 saturated heterocycles. The third kappa shape index (κ3) is 4.39. The van der Waals surface area contributed by atoms with Crippen molar-refractivity contribution in [3.8, 4) is 0 Å². The second kappa shape index (κ2) is 8.97. The number of benzene rings is 2. The van der Waals surface area contributed by atoms with Gasteiger partial charge in [0.05, 0.1) is 0 Å². The molecule has 0 bridgehead atoms. The number of Topliss-reactive ketones (excluding diaryl/α,β-unsaturated/α-hetero) is 2. The predicted molar refractivity (Wildman–Crippen MR) is 121 cm³/mol. The van der Waals surface area contributed by atoms with Gasteiger partial charge >= 0.3 is 0 Å². The fourth-order valence-corrected chi connectivity index (χ4v) is 4.73. The summed E-state index contributed by atoms with van der Waals surface area (Å²) in [6, 6.07) is 17.8. The molecule has 1 unspecified atom stereocenters. The van der Waals surface area contributed by atoms with Gasteiger partial charge in [0.2, 0.25) is 0 Å². The van der Waals surface area contributed by atoms with Crippen LogP contribution in [0.1, 0.15) is 47.4 Å². The monoisotopic (exact) mass is 402 g/mol. The highest BCUT2D eigenvalue weighted by Gasteiger charge is 2.26. The van der Waals surface area contributed by atoms with Crippen LogP contribution in [0.2, 0.25) is 0 Å². The van der Waals surface area contributed by atoms with E-state index in [0.29, 0.717) is 11.7 Å². The smallest absolute Gasteiger partial charge is 0.166 e. The minimum atomic E-state index is 0.114. The molecule has 0 spiro atoms. The van der Waals surface area contributed by atoms with Crippen molar-refractivity contribution < 1.29 is 9.59 Å². The highest BCUT2D eigenvalue weighted by atomic mass is 16.1. The maximum absolute atomic E-state index is 12.7. The average molecular weight is 403 g/mol. The molecule has 1 atom stereocenters. The molecular formula is C26H30N2O2. The van der Waals surface area contributed by atoms with Crippen molar-refractivity contribution >= 4 is 22.5 Å². The molecule has 0 aliphatic carbocycles. The molecule has 0 N–H and O–H groups in total. The van der Waals surface area contributed by atoms with E-state index in [1.54, 1.807) is 6.92 Å². The first-order valence-electron chi connectivity index (χ1n) is 10.9. The summed E-state index contributed by atoms with van der Waals surface area (Å²) in [6.07, 6.45) is 3.87. The maximum atomic E-state index is 12.7. The Morgan fingerprint density at radius 1 is 0.967 bits per heavy atom. The van der Waals surface area contributed by atoms with Crippen LogP contribution < -0.4 is 0 Å².